The molecule has 1 aliphatic heterocycles. The molecule has 1 unspecified atom stereocenters. The molecule has 122 valence electrons. The first kappa shape index (κ1) is 18.1. The molecular weight excluding hydrogens is 288 g/mol. The summed E-state index contributed by atoms with van der Waals surface area (Å²) in [6, 6.07) is 0.297. The molecule has 1 fully saturated rings. The van der Waals surface area contributed by atoms with Gasteiger partial charge in [0.25, 0.3) is 0 Å². The Morgan fingerprint density at radius 2 is 2.05 bits per heavy atom. The largest absolute Gasteiger partial charge is 0.447 e. The van der Waals surface area contributed by atoms with Crippen molar-refractivity contribution in [3.05, 3.63) is 0 Å². The Hall–Kier alpha value is -0.950. The maximum absolute atomic E-state index is 11.6. The summed E-state index contributed by atoms with van der Waals surface area (Å²) in [5.74, 6) is 0.949. The fourth-order valence-electron chi connectivity index (χ4n) is 2.05. The number of hydrogen-bond donors (Lipinski definition) is 2. The molecule has 0 radical (unpaired) electrons. The molecular formula is C14H28N4O2S. The predicted octanol–water partition coefficient (Wildman–Crippen LogP) is 2.00. The maximum Gasteiger partial charge on any atom is 0.409 e. The summed E-state index contributed by atoms with van der Waals surface area (Å²) >= 11 is 1.70. The van der Waals surface area contributed by atoms with E-state index in [9.17, 15) is 4.79 Å². The summed E-state index contributed by atoms with van der Waals surface area (Å²) in [7, 11) is 0. The van der Waals surface area contributed by atoms with Crippen LogP contribution in [0.5, 0.6) is 0 Å². The molecule has 0 aromatic carbocycles. The van der Waals surface area contributed by atoms with Crippen LogP contribution < -0.4 is 11.1 Å². The number of likely N-dealkylation sites (tertiary alicyclic amines) is 1. The number of rotatable bonds is 4. The molecule has 21 heavy (non-hydrogen) atoms. The topological polar surface area (TPSA) is 80.0 Å². The van der Waals surface area contributed by atoms with Crippen LogP contribution >= 0.6 is 11.8 Å². The molecule has 7 heteroatoms. The lowest BCUT2D eigenvalue weighted by Crippen LogP contribution is -2.43. The highest BCUT2D eigenvalue weighted by atomic mass is 32.2. The van der Waals surface area contributed by atoms with Crippen molar-refractivity contribution >= 4 is 23.0 Å². The van der Waals surface area contributed by atoms with Crippen LogP contribution in [0.2, 0.25) is 0 Å². The number of hydrogen-bond acceptors (Lipinski definition) is 5. The molecule has 6 nitrogen and oxygen atoms in total. The van der Waals surface area contributed by atoms with Crippen LogP contribution in [-0.4, -0.2) is 53.3 Å². The van der Waals surface area contributed by atoms with Crippen LogP contribution in [0.25, 0.3) is 0 Å². The lowest BCUT2D eigenvalue weighted by atomic mass is 10.1. The SMILES string of the molecule is CCS/C(=N\C(C)NC(=O)OC(C)C)N1CCC(N)CC1. The molecule has 0 aromatic heterocycles. The minimum Gasteiger partial charge on any atom is -0.447 e. The standard InChI is InChI=1S/C14H28N4O2S/c1-5-21-13(18-8-6-12(15)7-9-18)16-11(4)17-14(19)20-10(2)3/h10-12H,5-9,15H2,1-4H3,(H,17,19)/b16-13-. The minimum atomic E-state index is -0.428. The number of piperidine rings is 1. The molecule has 0 saturated carbocycles. The second-order valence-corrected chi connectivity index (χ2v) is 6.67. The van der Waals surface area contributed by atoms with Gasteiger partial charge in [-0.05, 0) is 39.4 Å². The summed E-state index contributed by atoms with van der Waals surface area (Å²) in [5.41, 5.74) is 5.94. The number of nitrogens with two attached hydrogens (primary N) is 1. The second kappa shape index (κ2) is 9.15. The second-order valence-electron chi connectivity index (χ2n) is 5.44. The Morgan fingerprint density at radius 1 is 1.43 bits per heavy atom. The molecule has 0 spiro atoms. The minimum absolute atomic E-state index is 0.130. The summed E-state index contributed by atoms with van der Waals surface area (Å²) in [6.45, 7) is 9.45. The summed E-state index contributed by atoms with van der Waals surface area (Å²) in [6.07, 6.45) is 1.11. The van der Waals surface area contributed by atoms with E-state index < -0.39 is 6.09 Å². The van der Waals surface area contributed by atoms with Crippen molar-refractivity contribution in [3.8, 4) is 0 Å². The number of alkyl carbamates (subject to hydrolysis) is 1. The Kier molecular flexibility index (Phi) is 7.88. The lowest BCUT2D eigenvalue weighted by Gasteiger charge is -2.32. The number of thioether (sulfide) groups is 1. The Bertz CT molecular complexity index is 355. The number of nitrogens with one attached hydrogen (secondary N) is 1. The molecule has 0 bridgehead atoms. The number of carbonyl (C=O) groups is 1. The molecule has 1 rings (SSSR count). The highest BCUT2D eigenvalue weighted by Crippen LogP contribution is 2.16. The fourth-order valence-corrected chi connectivity index (χ4v) is 2.90. The smallest absolute Gasteiger partial charge is 0.409 e. The zero-order valence-corrected chi connectivity index (χ0v) is 14.3. The van der Waals surface area contributed by atoms with Crippen molar-refractivity contribution in [1.82, 2.24) is 10.2 Å². The van der Waals surface area contributed by atoms with Gasteiger partial charge in [-0.2, -0.15) is 0 Å². The van der Waals surface area contributed by atoms with Gasteiger partial charge in [0.1, 0.15) is 6.17 Å². The molecule has 1 atom stereocenters. The van der Waals surface area contributed by atoms with E-state index in [4.69, 9.17) is 10.5 Å². The van der Waals surface area contributed by atoms with Gasteiger partial charge in [0.05, 0.1) is 6.10 Å². The van der Waals surface area contributed by atoms with E-state index in [2.05, 4.69) is 22.1 Å². The van der Waals surface area contributed by atoms with E-state index in [0.29, 0.717) is 6.04 Å². The first-order valence-electron chi connectivity index (χ1n) is 7.60. The monoisotopic (exact) mass is 316 g/mol. The number of nitrogens with zero attached hydrogens (tertiary/aromatic N) is 2. The predicted molar refractivity (Wildman–Crippen MR) is 88.6 cm³/mol. The van der Waals surface area contributed by atoms with E-state index in [-0.39, 0.29) is 12.3 Å². The van der Waals surface area contributed by atoms with Gasteiger partial charge in [0, 0.05) is 19.1 Å². The van der Waals surface area contributed by atoms with Gasteiger partial charge in [-0.25, -0.2) is 9.79 Å². The third-order valence-electron chi connectivity index (χ3n) is 3.06. The number of amidine groups is 1. The summed E-state index contributed by atoms with van der Waals surface area (Å²) in [4.78, 5) is 18.5. The third-order valence-corrected chi connectivity index (χ3v) is 3.97. The third kappa shape index (κ3) is 7.04. The summed E-state index contributed by atoms with van der Waals surface area (Å²) < 4.78 is 5.07. The lowest BCUT2D eigenvalue weighted by molar-refractivity contribution is 0.113. The van der Waals surface area contributed by atoms with Crippen LogP contribution in [0, 0.1) is 0 Å². The van der Waals surface area contributed by atoms with E-state index in [1.807, 2.05) is 20.8 Å². The van der Waals surface area contributed by atoms with E-state index >= 15 is 0 Å². The van der Waals surface area contributed by atoms with Crippen LogP contribution in [0.3, 0.4) is 0 Å². The van der Waals surface area contributed by atoms with Crippen LogP contribution in [-0.2, 0) is 4.74 Å². The Balaban J connectivity index is 2.59. The van der Waals surface area contributed by atoms with Crippen LogP contribution in [0.4, 0.5) is 4.79 Å². The fraction of sp³-hybridized carbons (Fsp3) is 0.857. The maximum atomic E-state index is 11.6. The molecule has 1 aliphatic rings. The Morgan fingerprint density at radius 3 is 2.57 bits per heavy atom. The van der Waals surface area contributed by atoms with Gasteiger partial charge in [0.15, 0.2) is 5.17 Å². The molecule has 1 saturated heterocycles. The van der Waals surface area contributed by atoms with Crippen molar-refractivity contribution in [2.24, 2.45) is 10.7 Å². The van der Waals surface area contributed by atoms with Gasteiger partial charge >= 0.3 is 6.09 Å². The average Bonchev–Trinajstić information content (AvgIpc) is 2.37. The number of amides is 1. The molecule has 1 amide bonds. The van der Waals surface area contributed by atoms with E-state index in [1.54, 1.807) is 11.8 Å². The van der Waals surface area contributed by atoms with Crippen LogP contribution in [0.15, 0.2) is 4.99 Å². The number of aliphatic imine (C=N–C) groups is 1. The first-order valence-corrected chi connectivity index (χ1v) is 8.59. The highest BCUT2D eigenvalue weighted by Gasteiger charge is 2.20. The number of ether oxygens (including phenoxy) is 1. The van der Waals surface area contributed by atoms with Gasteiger partial charge in [-0.3, -0.25) is 5.32 Å². The van der Waals surface area contributed by atoms with Gasteiger partial charge < -0.3 is 15.4 Å². The molecule has 3 N–H and O–H groups in total. The average molecular weight is 316 g/mol. The van der Waals surface area contributed by atoms with Gasteiger partial charge in [-0.1, -0.05) is 18.7 Å². The molecule has 1 heterocycles. The summed E-state index contributed by atoms with van der Waals surface area (Å²) in [5, 5.41) is 3.71. The van der Waals surface area contributed by atoms with Crippen molar-refractivity contribution in [2.45, 2.75) is 58.8 Å². The first-order chi connectivity index (χ1) is 9.92. The van der Waals surface area contributed by atoms with Crippen LogP contribution in [0.1, 0.15) is 40.5 Å². The molecule has 0 aromatic rings. The zero-order valence-electron chi connectivity index (χ0n) is 13.5. The number of carbonyl (C=O) groups excluding carboxylic acids is 1. The molecule has 0 aliphatic carbocycles. The van der Waals surface area contributed by atoms with Gasteiger partial charge in [-0.15, -0.1) is 0 Å². The van der Waals surface area contributed by atoms with E-state index in [0.717, 1.165) is 36.9 Å². The highest BCUT2D eigenvalue weighted by molar-refractivity contribution is 8.13. The van der Waals surface area contributed by atoms with Crippen molar-refractivity contribution < 1.29 is 9.53 Å². The van der Waals surface area contributed by atoms with Crippen molar-refractivity contribution in [2.75, 3.05) is 18.8 Å². The van der Waals surface area contributed by atoms with Crippen molar-refractivity contribution in [3.63, 3.8) is 0 Å². The van der Waals surface area contributed by atoms with Crippen molar-refractivity contribution in [1.29, 1.82) is 0 Å². The zero-order chi connectivity index (χ0) is 15.8. The van der Waals surface area contributed by atoms with Gasteiger partial charge in [0.2, 0.25) is 0 Å². The normalized spacial score (nSPS) is 18.8. The quantitative estimate of drug-likeness (QED) is 0.612. The Labute approximate surface area is 131 Å². The van der Waals surface area contributed by atoms with E-state index in [1.165, 1.54) is 0 Å².